The van der Waals surface area contributed by atoms with Gasteiger partial charge in [-0.25, -0.2) is 0 Å². The summed E-state index contributed by atoms with van der Waals surface area (Å²) in [5.41, 5.74) is 10.1. The fourth-order valence-corrected chi connectivity index (χ4v) is 2.37. The van der Waals surface area contributed by atoms with Crippen LogP contribution in [0.4, 0.5) is 0 Å². The van der Waals surface area contributed by atoms with Crippen LogP contribution in [-0.4, -0.2) is 19.2 Å². The van der Waals surface area contributed by atoms with E-state index in [0.29, 0.717) is 0 Å². The molecular weight excluding hydrogens is 252 g/mol. The molecule has 2 N–H and O–H groups in total. The van der Waals surface area contributed by atoms with E-state index >= 15 is 0 Å². The molecule has 0 amide bonds. The van der Waals surface area contributed by atoms with Gasteiger partial charge in [-0.3, -0.25) is 4.98 Å². The summed E-state index contributed by atoms with van der Waals surface area (Å²) >= 11 is 0. The van der Waals surface area contributed by atoms with E-state index in [-0.39, 0.29) is 6.04 Å². The lowest BCUT2D eigenvalue weighted by atomic mass is 9.96. The molecule has 1 aromatic carbocycles. The second-order valence-electron chi connectivity index (χ2n) is 4.68. The summed E-state index contributed by atoms with van der Waals surface area (Å²) in [6, 6.07) is 9.28. The van der Waals surface area contributed by atoms with Crippen LogP contribution in [0, 0.1) is 13.8 Å². The SMILES string of the molecule is COc1cccc(OC)c1C(N)c1ccc(C)nc1C. The van der Waals surface area contributed by atoms with Crippen LogP contribution in [0.2, 0.25) is 0 Å². The van der Waals surface area contributed by atoms with Crippen molar-refractivity contribution in [2.45, 2.75) is 19.9 Å². The summed E-state index contributed by atoms with van der Waals surface area (Å²) in [7, 11) is 3.26. The second-order valence-corrected chi connectivity index (χ2v) is 4.68. The van der Waals surface area contributed by atoms with Crippen LogP contribution >= 0.6 is 0 Å². The number of ether oxygens (including phenoxy) is 2. The Bertz CT molecular complexity index is 589. The standard InChI is InChI=1S/C16H20N2O2/c1-10-8-9-12(11(2)18-10)16(17)15-13(19-3)6-5-7-14(15)20-4/h5-9,16H,17H2,1-4H3. The largest absolute Gasteiger partial charge is 0.496 e. The molecule has 0 radical (unpaired) electrons. The third-order valence-corrected chi connectivity index (χ3v) is 3.38. The fourth-order valence-electron chi connectivity index (χ4n) is 2.37. The summed E-state index contributed by atoms with van der Waals surface area (Å²) in [4.78, 5) is 4.47. The van der Waals surface area contributed by atoms with Gasteiger partial charge in [-0.1, -0.05) is 12.1 Å². The number of rotatable bonds is 4. The number of aryl methyl sites for hydroxylation is 2. The van der Waals surface area contributed by atoms with Crippen molar-refractivity contribution in [3.05, 3.63) is 52.8 Å². The highest BCUT2D eigenvalue weighted by Gasteiger charge is 2.20. The number of nitrogens with two attached hydrogens (primary N) is 1. The molecule has 106 valence electrons. The number of methoxy groups -OCH3 is 2. The molecule has 0 aliphatic rings. The smallest absolute Gasteiger partial charge is 0.127 e. The molecule has 0 bridgehead atoms. The molecule has 0 spiro atoms. The maximum absolute atomic E-state index is 6.42. The summed E-state index contributed by atoms with van der Waals surface area (Å²) in [5.74, 6) is 1.44. The Hall–Kier alpha value is -2.07. The van der Waals surface area contributed by atoms with Gasteiger partial charge in [0.25, 0.3) is 0 Å². The van der Waals surface area contributed by atoms with Gasteiger partial charge in [0.2, 0.25) is 0 Å². The van der Waals surface area contributed by atoms with E-state index in [1.165, 1.54) is 0 Å². The molecule has 0 saturated heterocycles. The minimum atomic E-state index is -0.339. The molecule has 1 unspecified atom stereocenters. The second kappa shape index (κ2) is 5.92. The van der Waals surface area contributed by atoms with Crippen molar-refractivity contribution in [3.63, 3.8) is 0 Å². The van der Waals surface area contributed by atoms with Gasteiger partial charge in [-0.15, -0.1) is 0 Å². The number of benzene rings is 1. The first-order valence-electron chi connectivity index (χ1n) is 6.49. The third-order valence-electron chi connectivity index (χ3n) is 3.38. The van der Waals surface area contributed by atoms with Crippen LogP contribution in [0.15, 0.2) is 30.3 Å². The first kappa shape index (κ1) is 14.3. The average molecular weight is 272 g/mol. The van der Waals surface area contributed by atoms with Crippen molar-refractivity contribution in [3.8, 4) is 11.5 Å². The minimum Gasteiger partial charge on any atom is -0.496 e. The highest BCUT2D eigenvalue weighted by molar-refractivity contribution is 5.51. The quantitative estimate of drug-likeness (QED) is 0.929. The number of aromatic nitrogens is 1. The lowest BCUT2D eigenvalue weighted by molar-refractivity contribution is 0.382. The molecule has 2 rings (SSSR count). The van der Waals surface area contributed by atoms with Crippen molar-refractivity contribution in [2.75, 3.05) is 14.2 Å². The third kappa shape index (κ3) is 2.60. The van der Waals surface area contributed by atoms with E-state index in [9.17, 15) is 0 Å². The molecular formula is C16H20N2O2. The minimum absolute atomic E-state index is 0.339. The van der Waals surface area contributed by atoms with Gasteiger partial charge in [-0.05, 0) is 37.6 Å². The number of hydrogen-bond donors (Lipinski definition) is 1. The van der Waals surface area contributed by atoms with Crippen molar-refractivity contribution < 1.29 is 9.47 Å². The van der Waals surface area contributed by atoms with Gasteiger partial charge in [-0.2, -0.15) is 0 Å². The molecule has 2 aromatic rings. The highest BCUT2D eigenvalue weighted by Crippen LogP contribution is 2.36. The van der Waals surface area contributed by atoms with Gasteiger partial charge >= 0.3 is 0 Å². The maximum Gasteiger partial charge on any atom is 0.127 e. The monoisotopic (exact) mass is 272 g/mol. The molecule has 1 atom stereocenters. The highest BCUT2D eigenvalue weighted by atomic mass is 16.5. The van der Waals surface area contributed by atoms with Crippen molar-refractivity contribution in [1.82, 2.24) is 4.98 Å². The molecule has 1 aromatic heterocycles. The van der Waals surface area contributed by atoms with Crippen molar-refractivity contribution in [2.24, 2.45) is 5.73 Å². The number of pyridine rings is 1. The Morgan fingerprint density at radius 2 is 1.60 bits per heavy atom. The first-order chi connectivity index (χ1) is 9.58. The summed E-state index contributed by atoms with van der Waals surface area (Å²) in [6.45, 7) is 3.93. The molecule has 4 nitrogen and oxygen atoms in total. The lowest BCUT2D eigenvalue weighted by Crippen LogP contribution is -2.16. The number of nitrogens with zero attached hydrogens (tertiary/aromatic N) is 1. The average Bonchev–Trinajstić information content (AvgIpc) is 2.45. The summed E-state index contributed by atoms with van der Waals surface area (Å²) < 4.78 is 10.8. The molecule has 0 aliphatic carbocycles. The van der Waals surface area contributed by atoms with Crippen LogP contribution in [0.5, 0.6) is 11.5 Å². The Kier molecular flexibility index (Phi) is 4.25. The Labute approximate surface area is 119 Å². The van der Waals surface area contributed by atoms with Gasteiger partial charge < -0.3 is 15.2 Å². The van der Waals surface area contributed by atoms with E-state index in [2.05, 4.69) is 4.98 Å². The van der Waals surface area contributed by atoms with Crippen LogP contribution in [0.25, 0.3) is 0 Å². The van der Waals surface area contributed by atoms with Crippen LogP contribution in [0.3, 0.4) is 0 Å². The molecule has 4 heteroatoms. The first-order valence-corrected chi connectivity index (χ1v) is 6.49. The Morgan fingerprint density at radius 1 is 1.00 bits per heavy atom. The zero-order valence-electron chi connectivity index (χ0n) is 12.3. The van der Waals surface area contributed by atoms with Crippen LogP contribution in [-0.2, 0) is 0 Å². The summed E-state index contributed by atoms with van der Waals surface area (Å²) in [6.07, 6.45) is 0. The van der Waals surface area contributed by atoms with E-state index in [1.807, 2.05) is 44.2 Å². The maximum atomic E-state index is 6.42. The normalized spacial score (nSPS) is 12.1. The van der Waals surface area contributed by atoms with Crippen LogP contribution in [0.1, 0.15) is 28.6 Å². The molecule has 1 heterocycles. The summed E-state index contributed by atoms with van der Waals surface area (Å²) in [5, 5.41) is 0. The van der Waals surface area contributed by atoms with E-state index in [0.717, 1.165) is 34.0 Å². The van der Waals surface area contributed by atoms with Gasteiger partial charge in [0, 0.05) is 11.4 Å². The lowest BCUT2D eigenvalue weighted by Gasteiger charge is -2.20. The van der Waals surface area contributed by atoms with Gasteiger partial charge in [0.15, 0.2) is 0 Å². The molecule has 0 fully saturated rings. The van der Waals surface area contributed by atoms with E-state index < -0.39 is 0 Å². The Morgan fingerprint density at radius 3 is 2.10 bits per heavy atom. The zero-order valence-corrected chi connectivity index (χ0v) is 12.3. The Balaban J connectivity index is 2.55. The van der Waals surface area contributed by atoms with Gasteiger partial charge in [0.05, 0.1) is 25.8 Å². The van der Waals surface area contributed by atoms with E-state index in [1.54, 1.807) is 14.2 Å². The molecule has 20 heavy (non-hydrogen) atoms. The predicted octanol–water partition coefficient (Wildman–Crippen LogP) is 2.76. The van der Waals surface area contributed by atoms with Crippen molar-refractivity contribution >= 4 is 0 Å². The number of hydrogen-bond acceptors (Lipinski definition) is 4. The van der Waals surface area contributed by atoms with E-state index in [4.69, 9.17) is 15.2 Å². The zero-order chi connectivity index (χ0) is 14.7. The van der Waals surface area contributed by atoms with Crippen molar-refractivity contribution in [1.29, 1.82) is 0 Å². The fraction of sp³-hybridized carbons (Fsp3) is 0.312. The topological polar surface area (TPSA) is 57.4 Å². The molecule has 0 aliphatic heterocycles. The van der Waals surface area contributed by atoms with Crippen LogP contribution < -0.4 is 15.2 Å². The molecule has 0 saturated carbocycles. The predicted molar refractivity (Wildman–Crippen MR) is 79.3 cm³/mol. The van der Waals surface area contributed by atoms with Gasteiger partial charge in [0.1, 0.15) is 11.5 Å².